The first kappa shape index (κ1) is 13.0. The summed E-state index contributed by atoms with van der Waals surface area (Å²) in [5.41, 5.74) is 4.84. The third kappa shape index (κ3) is 2.63. The second kappa shape index (κ2) is 5.17. The molecule has 20 heavy (non-hydrogen) atoms. The van der Waals surface area contributed by atoms with E-state index >= 15 is 0 Å². The maximum atomic E-state index is 11.2. The fraction of sp³-hybridized carbons (Fsp3) is 0.133. The molecule has 0 radical (unpaired) electrons. The van der Waals surface area contributed by atoms with Gasteiger partial charge < -0.3 is 15.3 Å². The number of H-pyrrole nitrogens is 2. The Morgan fingerprint density at radius 1 is 1.10 bits per heavy atom. The lowest BCUT2D eigenvalue weighted by atomic mass is 10.1. The van der Waals surface area contributed by atoms with E-state index in [1.165, 1.54) is 11.1 Å². The van der Waals surface area contributed by atoms with Crippen molar-refractivity contribution in [1.82, 2.24) is 9.97 Å². The summed E-state index contributed by atoms with van der Waals surface area (Å²) in [5, 5.41) is 3.36. The van der Waals surface area contributed by atoms with Gasteiger partial charge in [0, 0.05) is 16.7 Å². The first-order valence-corrected chi connectivity index (χ1v) is 7.12. The number of nitrogens with one attached hydrogen (secondary N) is 3. The smallest absolute Gasteiger partial charge is 0.323 e. The van der Waals surface area contributed by atoms with Crippen LogP contribution in [0, 0.1) is 6.92 Å². The van der Waals surface area contributed by atoms with Crippen LogP contribution in [0.15, 0.2) is 45.7 Å². The van der Waals surface area contributed by atoms with Crippen LogP contribution >= 0.6 is 15.9 Å². The molecule has 0 aliphatic heterocycles. The molecule has 2 aromatic carbocycles. The highest BCUT2D eigenvalue weighted by molar-refractivity contribution is 9.10. The topological polar surface area (TPSA) is 60.7 Å². The van der Waals surface area contributed by atoms with Crippen LogP contribution in [0.5, 0.6) is 0 Å². The van der Waals surface area contributed by atoms with Gasteiger partial charge in [-0.15, -0.1) is 0 Å². The van der Waals surface area contributed by atoms with E-state index in [1.54, 1.807) is 0 Å². The van der Waals surface area contributed by atoms with Crippen LogP contribution in [0.1, 0.15) is 11.1 Å². The van der Waals surface area contributed by atoms with Crippen LogP contribution in [-0.2, 0) is 6.54 Å². The summed E-state index contributed by atoms with van der Waals surface area (Å²) in [6.07, 6.45) is 0. The van der Waals surface area contributed by atoms with E-state index in [1.807, 2.05) is 18.2 Å². The number of rotatable bonds is 3. The van der Waals surface area contributed by atoms with Gasteiger partial charge in [0.15, 0.2) is 0 Å². The molecule has 0 unspecified atom stereocenters. The summed E-state index contributed by atoms with van der Waals surface area (Å²) in [6.45, 7) is 2.79. The molecule has 0 amide bonds. The zero-order chi connectivity index (χ0) is 14.1. The number of hydrogen-bond acceptors (Lipinski definition) is 2. The molecule has 0 saturated carbocycles. The molecule has 0 aliphatic carbocycles. The SMILES string of the molecule is Cc1ccc(CNc2ccc3[nH]c(=O)[nH]c3c2)c(Br)c1. The lowest BCUT2D eigenvalue weighted by Gasteiger charge is -2.09. The summed E-state index contributed by atoms with van der Waals surface area (Å²) < 4.78 is 1.10. The van der Waals surface area contributed by atoms with E-state index in [2.05, 4.69) is 56.3 Å². The van der Waals surface area contributed by atoms with E-state index < -0.39 is 0 Å². The average molecular weight is 332 g/mol. The third-order valence-corrected chi connectivity index (χ3v) is 3.95. The zero-order valence-corrected chi connectivity index (χ0v) is 12.5. The van der Waals surface area contributed by atoms with Gasteiger partial charge in [-0.1, -0.05) is 28.1 Å². The van der Waals surface area contributed by atoms with Gasteiger partial charge >= 0.3 is 5.69 Å². The standard InChI is InChI=1S/C15H14BrN3O/c1-9-2-3-10(12(16)6-9)8-17-11-4-5-13-14(7-11)19-15(20)18-13/h2-7,17H,8H2,1H3,(H2,18,19,20). The van der Waals surface area contributed by atoms with E-state index in [9.17, 15) is 4.79 Å². The number of imidazole rings is 1. The fourth-order valence-corrected chi connectivity index (χ4v) is 2.77. The van der Waals surface area contributed by atoms with Gasteiger partial charge in [0.2, 0.25) is 0 Å². The van der Waals surface area contributed by atoms with Crippen molar-refractivity contribution in [2.24, 2.45) is 0 Å². The average Bonchev–Trinajstić information content (AvgIpc) is 2.77. The molecule has 3 rings (SSSR count). The Kier molecular flexibility index (Phi) is 3.36. The minimum absolute atomic E-state index is 0.182. The third-order valence-electron chi connectivity index (χ3n) is 3.21. The van der Waals surface area contributed by atoms with Crippen molar-refractivity contribution in [3.05, 3.63) is 62.5 Å². The second-order valence-corrected chi connectivity index (χ2v) is 5.64. The van der Waals surface area contributed by atoms with Gasteiger partial charge in [0.1, 0.15) is 0 Å². The van der Waals surface area contributed by atoms with Crippen molar-refractivity contribution in [1.29, 1.82) is 0 Å². The molecule has 0 atom stereocenters. The summed E-state index contributed by atoms with van der Waals surface area (Å²) in [6, 6.07) is 12.1. The molecule has 102 valence electrons. The van der Waals surface area contributed by atoms with Gasteiger partial charge in [0.25, 0.3) is 0 Å². The van der Waals surface area contributed by atoms with Gasteiger partial charge in [-0.2, -0.15) is 0 Å². The Morgan fingerprint density at radius 3 is 2.70 bits per heavy atom. The van der Waals surface area contributed by atoms with E-state index in [-0.39, 0.29) is 5.69 Å². The maximum absolute atomic E-state index is 11.2. The van der Waals surface area contributed by atoms with Gasteiger partial charge in [0.05, 0.1) is 11.0 Å². The van der Waals surface area contributed by atoms with Crippen LogP contribution < -0.4 is 11.0 Å². The largest absolute Gasteiger partial charge is 0.381 e. The van der Waals surface area contributed by atoms with Crippen molar-refractivity contribution in [2.45, 2.75) is 13.5 Å². The quantitative estimate of drug-likeness (QED) is 0.687. The molecule has 1 aromatic heterocycles. The van der Waals surface area contributed by atoms with E-state index in [0.717, 1.165) is 27.7 Å². The molecule has 4 nitrogen and oxygen atoms in total. The Bertz CT molecular complexity index is 819. The highest BCUT2D eigenvalue weighted by atomic mass is 79.9. The number of aromatic amines is 2. The number of anilines is 1. The first-order valence-electron chi connectivity index (χ1n) is 6.33. The van der Waals surface area contributed by atoms with Crippen molar-refractivity contribution in [2.75, 3.05) is 5.32 Å². The monoisotopic (exact) mass is 331 g/mol. The first-order chi connectivity index (χ1) is 9.61. The zero-order valence-electron chi connectivity index (χ0n) is 11.0. The Morgan fingerprint density at radius 2 is 1.90 bits per heavy atom. The number of aromatic nitrogens is 2. The minimum Gasteiger partial charge on any atom is -0.381 e. The van der Waals surface area contributed by atoms with Crippen LogP contribution in [0.2, 0.25) is 0 Å². The molecular weight excluding hydrogens is 318 g/mol. The second-order valence-electron chi connectivity index (χ2n) is 4.79. The van der Waals surface area contributed by atoms with Crippen molar-refractivity contribution < 1.29 is 0 Å². The lowest BCUT2D eigenvalue weighted by molar-refractivity contribution is 1.13. The van der Waals surface area contributed by atoms with E-state index in [0.29, 0.717) is 0 Å². The molecule has 0 aliphatic rings. The molecule has 3 aromatic rings. The van der Waals surface area contributed by atoms with Crippen LogP contribution in [0.4, 0.5) is 5.69 Å². The highest BCUT2D eigenvalue weighted by Gasteiger charge is 2.02. The number of halogens is 1. The molecule has 0 spiro atoms. The van der Waals surface area contributed by atoms with Crippen LogP contribution in [-0.4, -0.2) is 9.97 Å². The maximum Gasteiger partial charge on any atom is 0.323 e. The Hall–Kier alpha value is -2.01. The predicted molar refractivity (Wildman–Crippen MR) is 85.1 cm³/mol. The van der Waals surface area contributed by atoms with Gasteiger partial charge in [-0.25, -0.2) is 4.79 Å². The number of aryl methyl sites for hydroxylation is 1. The number of fused-ring (bicyclic) bond motifs is 1. The minimum atomic E-state index is -0.182. The summed E-state index contributed by atoms with van der Waals surface area (Å²) in [5.74, 6) is 0. The van der Waals surface area contributed by atoms with Crippen molar-refractivity contribution >= 4 is 32.7 Å². The lowest BCUT2D eigenvalue weighted by Crippen LogP contribution is -2.00. The number of hydrogen-bond donors (Lipinski definition) is 3. The molecule has 0 fully saturated rings. The van der Waals surface area contributed by atoms with Crippen molar-refractivity contribution in [3.8, 4) is 0 Å². The Labute approximate surface area is 124 Å². The van der Waals surface area contributed by atoms with Gasteiger partial charge in [-0.05, 0) is 42.3 Å². The summed E-state index contributed by atoms with van der Waals surface area (Å²) in [7, 11) is 0. The van der Waals surface area contributed by atoms with Crippen LogP contribution in [0.3, 0.4) is 0 Å². The Balaban J connectivity index is 1.80. The molecular formula is C15H14BrN3O. The number of benzene rings is 2. The fourth-order valence-electron chi connectivity index (χ4n) is 2.14. The normalized spacial score (nSPS) is 10.9. The highest BCUT2D eigenvalue weighted by Crippen LogP contribution is 2.20. The van der Waals surface area contributed by atoms with Crippen molar-refractivity contribution in [3.63, 3.8) is 0 Å². The molecule has 5 heteroatoms. The van der Waals surface area contributed by atoms with Crippen LogP contribution in [0.25, 0.3) is 11.0 Å². The summed E-state index contributed by atoms with van der Waals surface area (Å²) in [4.78, 5) is 16.7. The van der Waals surface area contributed by atoms with Gasteiger partial charge in [-0.3, -0.25) is 0 Å². The summed E-state index contributed by atoms with van der Waals surface area (Å²) >= 11 is 3.57. The van der Waals surface area contributed by atoms with E-state index in [4.69, 9.17) is 0 Å². The molecule has 0 bridgehead atoms. The molecule has 0 saturated heterocycles. The molecule has 3 N–H and O–H groups in total. The predicted octanol–water partition coefficient (Wildman–Crippen LogP) is 3.54. The molecule has 1 heterocycles.